The Morgan fingerprint density at radius 3 is 2.42 bits per heavy atom. The van der Waals surface area contributed by atoms with Crippen LogP contribution in [0, 0.1) is 11.6 Å². The minimum absolute atomic E-state index is 0.331. The summed E-state index contributed by atoms with van der Waals surface area (Å²) >= 11 is 0. The van der Waals surface area contributed by atoms with Gasteiger partial charge in [-0.05, 0) is 18.6 Å². The predicted molar refractivity (Wildman–Crippen MR) is 66.6 cm³/mol. The third-order valence-corrected chi connectivity index (χ3v) is 3.75. The molecule has 106 valence electrons. The largest absolute Gasteiger partial charge is 0.342 e. The van der Waals surface area contributed by atoms with Gasteiger partial charge in [-0.15, -0.1) is 0 Å². The van der Waals surface area contributed by atoms with Crippen molar-refractivity contribution < 1.29 is 22.0 Å². The first-order valence-corrected chi connectivity index (χ1v) is 7.68. The lowest BCUT2D eigenvalue weighted by Crippen LogP contribution is -2.28. The molecule has 0 radical (unpaired) electrons. The number of hydrogen-bond acceptors (Lipinski definition) is 3. The molecule has 0 unspecified atom stereocenters. The van der Waals surface area contributed by atoms with Crippen LogP contribution in [0.4, 0.5) is 8.78 Å². The summed E-state index contributed by atoms with van der Waals surface area (Å²) in [7, 11) is 2.22. The fourth-order valence-electron chi connectivity index (χ4n) is 1.50. The van der Waals surface area contributed by atoms with E-state index in [1.807, 2.05) is 0 Å². The summed E-state index contributed by atoms with van der Waals surface area (Å²) in [6, 6.07) is 1.17. The van der Waals surface area contributed by atoms with Crippen molar-refractivity contribution in [1.82, 2.24) is 4.90 Å². The quantitative estimate of drug-likeness (QED) is 0.802. The summed E-state index contributed by atoms with van der Waals surface area (Å²) in [4.78, 5) is 12.4. The molecule has 4 nitrogen and oxygen atoms in total. The molecule has 1 rings (SSSR count). The minimum atomic E-state index is -4.24. The van der Waals surface area contributed by atoms with Crippen molar-refractivity contribution in [3.05, 3.63) is 29.3 Å². The lowest BCUT2D eigenvalue weighted by Gasteiger charge is -2.17. The molecule has 0 aliphatic heterocycles. The molecule has 0 saturated carbocycles. The van der Waals surface area contributed by atoms with Crippen molar-refractivity contribution in [2.75, 3.05) is 13.6 Å². The van der Waals surface area contributed by atoms with Gasteiger partial charge in [-0.2, -0.15) is 0 Å². The molecular formula is C11H12ClF2NO3S. The standard InChI is InChI=1S/C11H12ClF2NO3S/c1-3-4-15(2)11(16)8-5-7(19(12,17)18)6-9(13)10(8)14/h5-6H,3-4H2,1-2H3. The zero-order chi connectivity index (χ0) is 14.8. The smallest absolute Gasteiger partial charge is 0.261 e. The van der Waals surface area contributed by atoms with E-state index in [0.29, 0.717) is 19.0 Å². The number of carbonyl (C=O) groups excluding carboxylic acids is 1. The lowest BCUT2D eigenvalue weighted by atomic mass is 10.1. The number of rotatable bonds is 4. The Morgan fingerprint density at radius 2 is 1.95 bits per heavy atom. The van der Waals surface area contributed by atoms with Gasteiger partial charge >= 0.3 is 0 Å². The third kappa shape index (κ3) is 3.63. The van der Waals surface area contributed by atoms with Gasteiger partial charge < -0.3 is 4.90 Å². The van der Waals surface area contributed by atoms with Crippen LogP contribution in [-0.4, -0.2) is 32.8 Å². The van der Waals surface area contributed by atoms with E-state index in [1.54, 1.807) is 6.92 Å². The highest BCUT2D eigenvalue weighted by molar-refractivity contribution is 8.13. The summed E-state index contributed by atoms with van der Waals surface area (Å²) in [5.41, 5.74) is -0.657. The molecule has 0 spiro atoms. The maximum Gasteiger partial charge on any atom is 0.261 e. The molecule has 0 aliphatic rings. The highest BCUT2D eigenvalue weighted by atomic mass is 35.7. The van der Waals surface area contributed by atoms with Gasteiger partial charge in [0, 0.05) is 24.3 Å². The van der Waals surface area contributed by atoms with Crippen LogP contribution in [-0.2, 0) is 9.05 Å². The first-order valence-electron chi connectivity index (χ1n) is 5.37. The molecule has 0 aromatic heterocycles. The summed E-state index contributed by atoms with van der Waals surface area (Å²) < 4.78 is 49.1. The van der Waals surface area contributed by atoms with Gasteiger partial charge in [0.25, 0.3) is 15.0 Å². The Morgan fingerprint density at radius 1 is 1.37 bits per heavy atom. The van der Waals surface area contributed by atoms with Crippen LogP contribution < -0.4 is 0 Å². The van der Waals surface area contributed by atoms with E-state index in [1.165, 1.54) is 11.9 Å². The molecule has 0 saturated heterocycles. The molecular weight excluding hydrogens is 300 g/mol. The summed E-state index contributed by atoms with van der Waals surface area (Å²) in [5, 5.41) is 0. The molecule has 0 atom stereocenters. The summed E-state index contributed by atoms with van der Waals surface area (Å²) in [5.74, 6) is -3.63. The van der Waals surface area contributed by atoms with Crippen molar-refractivity contribution in [1.29, 1.82) is 0 Å². The Kier molecular flexibility index (Phi) is 4.86. The Bertz CT molecular complexity index is 604. The third-order valence-electron chi connectivity index (χ3n) is 2.42. The monoisotopic (exact) mass is 311 g/mol. The second-order valence-corrected chi connectivity index (χ2v) is 6.50. The zero-order valence-electron chi connectivity index (χ0n) is 10.3. The SMILES string of the molecule is CCCN(C)C(=O)c1cc(S(=O)(=O)Cl)cc(F)c1F. The summed E-state index contributed by atoms with van der Waals surface area (Å²) in [6.07, 6.45) is 0.625. The van der Waals surface area contributed by atoms with E-state index >= 15 is 0 Å². The number of amides is 1. The van der Waals surface area contributed by atoms with E-state index in [0.717, 1.165) is 6.07 Å². The lowest BCUT2D eigenvalue weighted by molar-refractivity contribution is 0.0789. The van der Waals surface area contributed by atoms with Crippen molar-refractivity contribution >= 4 is 25.6 Å². The van der Waals surface area contributed by atoms with Crippen LogP contribution in [0.2, 0.25) is 0 Å². The normalized spacial score (nSPS) is 11.4. The van der Waals surface area contributed by atoms with Crippen molar-refractivity contribution in [2.24, 2.45) is 0 Å². The van der Waals surface area contributed by atoms with Crippen LogP contribution in [0.25, 0.3) is 0 Å². The number of hydrogen-bond donors (Lipinski definition) is 0. The zero-order valence-corrected chi connectivity index (χ0v) is 11.9. The van der Waals surface area contributed by atoms with E-state index in [9.17, 15) is 22.0 Å². The maximum atomic E-state index is 13.6. The van der Waals surface area contributed by atoms with Crippen LogP contribution >= 0.6 is 10.7 Å². The molecule has 1 aromatic carbocycles. The highest BCUT2D eigenvalue weighted by Crippen LogP contribution is 2.22. The molecule has 19 heavy (non-hydrogen) atoms. The molecule has 1 amide bonds. The average Bonchev–Trinajstić information content (AvgIpc) is 2.30. The van der Waals surface area contributed by atoms with E-state index in [2.05, 4.69) is 0 Å². The molecule has 1 aromatic rings. The number of halogens is 3. The minimum Gasteiger partial charge on any atom is -0.342 e. The van der Waals surface area contributed by atoms with Gasteiger partial charge in [-0.25, -0.2) is 17.2 Å². The molecule has 0 heterocycles. The highest BCUT2D eigenvalue weighted by Gasteiger charge is 2.23. The average molecular weight is 312 g/mol. The van der Waals surface area contributed by atoms with Crippen LogP contribution in [0.3, 0.4) is 0 Å². The van der Waals surface area contributed by atoms with Gasteiger partial charge in [-0.3, -0.25) is 4.79 Å². The molecule has 8 heteroatoms. The first kappa shape index (κ1) is 15.8. The Labute approximate surface area is 114 Å². The van der Waals surface area contributed by atoms with Gasteiger partial charge in [0.1, 0.15) is 0 Å². The molecule has 0 bridgehead atoms. The van der Waals surface area contributed by atoms with Crippen LogP contribution in [0.15, 0.2) is 17.0 Å². The predicted octanol–water partition coefficient (Wildman–Crippen LogP) is 2.37. The number of nitrogens with zero attached hydrogens (tertiary/aromatic N) is 1. The Hall–Kier alpha value is -1.21. The van der Waals surface area contributed by atoms with Gasteiger partial charge in [-0.1, -0.05) is 6.92 Å². The topological polar surface area (TPSA) is 54.5 Å². The van der Waals surface area contributed by atoms with Crippen molar-refractivity contribution in [2.45, 2.75) is 18.2 Å². The van der Waals surface area contributed by atoms with Crippen molar-refractivity contribution in [3.8, 4) is 0 Å². The first-order chi connectivity index (χ1) is 8.68. The Balaban J connectivity index is 3.35. The van der Waals surface area contributed by atoms with Crippen LogP contribution in [0.1, 0.15) is 23.7 Å². The molecule has 0 fully saturated rings. The van der Waals surface area contributed by atoms with Gasteiger partial charge in [0.05, 0.1) is 10.5 Å². The van der Waals surface area contributed by atoms with Gasteiger partial charge in [0.15, 0.2) is 11.6 Å². The maximum absolute atomic E-state index is 13.6. The van der Waals surface area contributed by atoms with Gasteiger partial charge in [0.2, 0.25) is 0 Å². The number of benzene rings is 1. The molecule has 0 aliphatic carbocycles. The fourth-order valence-corrected chi connectivity index (χ4v) is 2.27. The summed E-state index contributed by atoms with van der Waals surface area (Å²) in [6.45, 7) is 2.14. The number of carbonyl (C=O) groups is 1. The van der Waals surface area contributed by atoms with E-state index < -0.39 is 37.1 Å². The van der Waals surface area contributed by atoms with Crippen LogP contribution in [0.5, 0.6) is 0 Å². The second kappa shape index (κ2) is 5.83. The molecule has 0 N–H and O–H groups in total. The van der Waals surface area contributed by atoms with E-state index in [4.69, 9.17) is 10.7 Å². The second-order valence-electron chi connectivity index (χ2n) is 3.93. The van der Waals surface area contributed by atoms with E-state index in [-0.39, 0.29) is 0 Å². The van der Waals surface area contributed by atoms with Crippen molar-refractivity contribution in [3.63, 3.8) is 0 Å². The fraction of sp³-hybridized carbons (Fsp3) is 0.364.